The Bertz CT molecular complexity index is 539. The van der Waals surface area contributed by atoms with E-state index in [0.717, 1.165) is 5.69 Å². The lowest BCUT2D eigenvalue weighted by atomic mass is 10.3. The Kier molecular flexibility index (Phi) is 4.17. The number of carbonyl (C=O) groups is 1. The van der Waals surface area contributed by atoms with Crippen molar-refractivity contribution in [2.24, 2.45) is 0 Å². The van der Waals surface area contributed by atoms with Gasteiger partial charge in [0, 0.05) is 5.02 Å². The summed E-state index contributed by atoms with van der Waals surface area (Å²) in [4.78, 5) is 10.9. The minimum Gasteiger partial charge on any atom is -0.458 e. The summed E-state index contributed by atoms with van der Waals surface area (Å²) in [5.74, 6) is -0.664. The van der Waals surface area contributed by atoms with E-state index in [1.54, 1.807) is 23.0 Å². The van der Waals surface area contributed by atoms with E-state index in [9.17, 15) is 4.79 Å². The molecule has 0 spiro atoms. The van der Waals surface area contributed by atoms with Crippen LogP contribution in [0.3, 0.4) is 0 Å². The molecule has 0 aliphatic rings. The number of hydrogen-bond acceptors (Lipinski definition) is 4. The zero-order valence-corrected chi connectivity index (χ0v) is 10.7. The summed E-state index contributed by atoms with van der Waals surface area (Å²) in [6.45, 7) is 0.0547. The van der Waals surface area contributed by atoms with Gasteiger partial charge in [0.1, 0.15) is 18.2 Å². The normalized spacial score (nSPS) is 10.3. The van der Waals surface area contributed by atoms with E-state index in [4.69, 9.17) is 27.9 Å². The van der Waals surface area contributed by atoms with Gasteiger partial charge in [0.2, 0.25) is 0 Å². The molecule has 7 heteroatoms. The van der Waals surface area contributed by atoms with Crippen LogP contribution in [0.5, 0.6) is 0 Å². The number of aromatic nitrogens is 3. The third-order valence-corrected chi connectivity index (χ3v) is 2.59. The van der Waals surface area contributed by atoms with Crippen molar-refractivity contribution < 1.29 is 9.53 Å². The second kappa shape index (κ2) is 5.84. The minimum atomic E-state index is -0.488. The monoisotopic (exact) mass is 285 g/mol. The van der Waals surface area contributed by atoms with Crippen LogP contribution in [0.25, 0.3) is 5.69 Å². The zero-order chi connectivity index (χ0) is 13.0. The molecule has 0 aliphatic heterocycles. The lowest BCUT2D eigenvalue weighted by Crippen LogP contribution is -2.05. The van der Waals surface area contributed by atoms with Gasteiger partial charge in [0.15, 0.2) is 0 Å². The molecule has 0 N–H and O–H groups in total. The molecule has 0 amide bonds. The maximum absolute atomic E-state index is 10.9. The van der Waals surface area contributed by atoms with Gasteiger partial charge in [-0.05, 0) is 24.3 Å². The number of halogens is 2. The van der Waals surface area contributed by atoms with Crippen molar-refractivity contribution in [1.82, 2.24) is 15.0 Å². The molecule has 0 bridgehead atoms. The van der Waals surface area contributed by atoms with E-state index in [1.807, 2.05) is 12.1 Å². The van der Waals surface area contributed by atoms with Crippen molar-refractivity contribution in [2.75, 3.05) is 5.88 Å². The first kappa shape index (κ1) is 12.9. The highest BCUT2D eigenvalue weighted by atomic mass is 35.5. The molecule has 2 rings (SSSR count). The summed E-state index contributed by atoms with van der Waals surface area (Å²) >= 11 is 11.1. The molecular weight excluding hydrogens is 277 g/mol. The Morgan fingerprint density at radius 1 is 1.33 bits per heavy atom. The van der Waals surface area contributed by atoms with Crippen molar-refractivity contribution >= 4 is 29.2 Å². The summed E-state index contributed by atoms with van der Waals surface area (Å²) in [5, 5.41) is 8.45. The van der Waals surface area contributed by atoms with E-state index in [0.29, 0.717) is 10.7 Å². The molecule has 0 aliphatic carbocycles. The van der Waals surface area contributed by atoms with E-state index < -0.39 is 5.97 Å². The van der Waals surface area contributed by atoms with E-state index in [1.165, 1.54) is 0 Å². The molecule has 0 saturated carbocycles. The lowest BCUT2D eigenvalue weighted by molar-refractivity contribution is -0.141. The molecule has 1 aromatic heterocycles. The summed E-state index contributed by atoms with van der Waals surface area (Å²) in [5.41, 5.74) is 1.37. The molecule has 5 nitrogen and oxygen atoms in total. The van der Waals surface area contributed by atoms with Crippen LogP contribution >= 0.6 is 23.2 Å². The van der Waals surface area contributed by atoms with Crippen molar-refractivity contribution in [3.05, 3.63) is 41.2 Å². The molecule has 2 aromatic rings. The van der Waals surface area contributed by atoms with Crippen LogP contribution < -0.4 is 0 Å². The van der Waals surface area contributed by atoms with Gasteiger partial charge in [0.25, 0.3) is 0 Å². The highest BCUT2D eigenvalue weighted by Gasteiger charge is 2.06. The minimum absolute atomic E-state index is 0.0547. The van der Waals surface area contributed by atoms with Crippen molar-refractivity contribution in [1.29, 1.82) is 0 Å². The third-order valence-electron chi connectivity index (χ3n) is 2.12. The van der Waals surface area contributed by atoms with Crippen LogP contribution in [0.4, 0.5) is 0 Å². The largest absolute Gasteiger partial charge is 0.458 e. The second-order valence-electron chi connectivity index (χ2n) is 3.43. The van der Waals surface area contributed by atoms with Gasteiger partial charge in [0.05, 0.1) is 11.9 Å². The van der Waals surface area contributed by atoms with Gasteiger partial charge in [-0.1, -0.05) is 16.8 Å². The van der Waals surface area contributed by atoms with Crippen LogP contribution in [-0.2, 0) is 16.1 Å². The maximum Gasteiger partial charge on any atom is 0.321 e. The number of benzene rings is 1. The predicted octanol–water partition coefficient (Wildman–Crippen LogP) is 2.20. The quantitative estimate of drug-likeness (QED) is 0.638. The standard InChI is InChI=1S/C11H9Cl2N3O2/c12-5-11(17)18-7-9-6-16(15-14-9)10-3-1-8(13)2-4-10/h1-4,6H,5,7H2. The number of ether oxygens (including phenoxy) is 1. The van der Waals surface area contributed by atoms with Crippen LogP contribution in [-0.4, -0.2) is 26.8 Å². The topological polar surface area (TPSA) is 57.0 Å². The summed E-state index contributed by atoms with van der Waals surface area (Å²) in [6.07, 6.45) is 1.67. The first-order chi connectivity index (χ1) is 8.69. The second-order valence-corrected chi connectivity index (χ2v) is 4.13. The highest BCUT2D eigenvalue weighted by Crippen LogP contribution is 2.12. The zero-order valence-electron chi connectivity index (χ0n) is 9.22. The molecule has 0 saturated heterocycles. The van der Waals surface area contributed by atoms with Crippen LogP contribution in [0.2, 0.25) is 5.02 Å². The number of esters is 1. The Labute approximate surface area is 113 Å². The van der Waals surface area contributed by atoms with Crippen LogP contribution in [0, 0.1) is 0 Å². The molecule has 0 atom stereocenters. The number of rotatable bonds is 4. The number of carbonyl (C=O) groups excluding carboxylic acids is 1. The molecule has 1 heterocycles. The van der Waals surface area contributed by atoms with Crippen molar-refractivity contribution in [3.8, 4) is 5.69 Å². The Morgan fingerprint density at radius 3 is 2.72 bits per heavy atom. The van der Waals surface area contributed by atoms with Gasteiger partial charge >= 0.3 is 5.97 Å². The van der Waals surface area contributed by atoms with E-state index in [2.05, 4.69) is 10.3 Å². The van der Waals surface area contributed by atoms with Gasteiger partial charge in [-0.15, -0.1) is 16.7 Å². The Hall–Kier alpha value is -1.59. The smallest absolute Gasteiger partial charge is 0.321 e. The predicted molar refractivity (Wildman–Crippen MR) is 66.9 cm³/mol. The van der Waals surface area contributed by atoms with E-state index >= 15 is 0 Å². The Balaban J connectivity index is 2.06. The van der Waals surface area contributed by atoms with Crippen LogP contribution in [0.1, 0.15) is 5.69 Å². The molecule has 0 unspecified atom stereocenters. The van der Waals surface area contributed by atoms with Crippen molar-refractivity contribution in [2.45, 2.75) is 6.61 Å². The molecule has 1 aromatic carbocycles. The molecule has 0 fully saturated rings. The van der Waals surface area contributed by atoms with Gasteiger partial charge in [-0.25, -0.2) is 4.68 Å². The maximum atomic E-state index is 10.9. The first-order valence-corrected chi connectivity index (χ1v) is 5.99. The fraction of sp³-hybridized carbons (Fsp3) is 0.182. The van der Waals surface area contributed by atoms with Crippen molar-refractivity contribution in [3.63, 3.8) is 0 Å². The highest BCUT2D eigenvalue weighted by molar-refractivity contribution is 6.30. The summed E-state index contributed by atoms with van der Waals surface area (Å²) in [7, 11) is 0. The van der Waals surface area contributed by atoms with Gasteiger partial charge in [-0.2, -0.15) is 0 Å². The lowest BCUT2D eigenvalue weighted by Gasteiger charge is -1.99. The number of alkyl halides is 1. The van der Waals surface area contributed by atoms with Gasteiger partial charge < -0.3 is 4.74 Å². The summed E-state index contributed by atoms with van der Waals surface area (Å²) < 4.78 is 6.41. The van der Waals surface area contributed by atoms with E-state index in [-0.39, 0.29) is 12.5 Å². The molecule has 18 heavy (non-hydrogen) atoms. The number of nitrogens with zero attached hydrogens (tertiary/aromatic N) is 3. The Morgan fingerprint density at radius 2 is 2.06 bits per heavy atom. The fourth-order valence-corrected chi connectivity index (χ4v) is 1.48. The fourth-order valence-electron chi connectivity index (χ4n) is 1.28. The molecule has 0 radical (unpaired) electrons. The number of hydrogen-bond donors (Lipinski definition) is 0. The average Bonchev–Trinajstić information content (AvgIpc) is 2.85. The first-order valence-electron chi connectivity index (χ1n) is 5.08. The SMILES string of the molecule is O=C(CCl)OCc1cn(-c2ccc(Cl)cc2)nn1. The van der Waals surface area contributed by atoms with Crippen LogP contribution in [0.15, 0.2) is 30.5 Å². The average molecular weight is 286 g/mol. The molecular formula is C11H9Cl2N3O2. The summed E-state index contributed by atoms with van der Waals surface area (Å²) in [6, 6.07) is 7.13. The third kappa shape index (κ3) is 3.21. The van der Waals surface area contributed by atoms with Gasteiger partial charge in [-0.3, -0.25) is 4.79 Å². The molecule has 94 valence electrons.